The summed E-state index contributed by atoms with van der Waals surface area (Å²) in [7, 11) is 0. The third kappa shape index (κ3) is 2.90. The normalized spacial score (nSPS) is 19.8. The number of fused-ring (bicyclic) bond motifs is 1. The number of hydrogen-bond acceptors (Lipinski definition) is 3. The van der Waals surface area contributed by atoms with Crippen molar-refractivity contribution in [3.8, 4) is 11.8 Å². The number of halogens is 4. The molecule has 3 nitrogen and oxygen atoms in total. The zero-order chi connectivity index (χ0) is 17.4. The molecule has 1 atom stereocenters. The van der Waals surface area contributed by atoms with E-state index in [1.807, 2.05) is 0 Å². The number of amides is 1. The van der Waals surface area contributed by atoms with E-state index >= 15 is 0 Å². The zero-order valence-corrected chi connectivity index (χ0v) is 13.4. The van der Waals surface area contributed by atoms with Gasteiger partial charge in [-0.15, -0.1) is 11.3 Å². The first-order valence-corrected chi connectivity index (χ1v) is 7.87. The summed E-state index contributed by atoms with van der Waals surface area (Å²) >= 11 is 7.07. The van der Waals surface area contributed by atoms with Gasteiger partial charge in [-0.3, -0.25) is 9.79 Å². The number of thiophene rings is 1. The molecule has 1 amide bonds. The smallest absolute Gasteiger partial charge is 0.321 e. The number of aliphatic imine (C=N–C) groups is 1. The van der Waals surface area contributed by atoms with Gasteiger partial charge in [-0.25, -0.2) is 0 Å². The van der Waals surface area contributed by atoms with E-state index in [2.05, 4.69) is 22.2 Å². The second-order valence-corrected chi connectivity index (χ2v) is 6.26. The summed E-state index contributed by atoms with van der Waals surface area (Å²) in [4.78, 5) is 15.6. The van der Waals surface area contributed by atoms with Crippen LogP contribution in [-0.4, -0.2) is 18.3 Å². The van der Waals surface area contributed by atoms with Crippen molar-refractivity contribution < 1.29 is 18.0 Å². The van der Waals surface area contributed by atoms with Crippen molar-refractivity contribution in [2.45, 2.75) is 11.7 Å². The minimum atomic E-state index is -4.85. The van der Waals surface area contributed by atoms with Gasteiger partial charge in [0, 0.05) is 16.3 Å². The summed E-state index contributed by atoms with van der Waals surface area (Å²) < 4.78 is 41.8. The highest BCUT2D eigenvalue weighted by Crippen LogP contribution is 2.46. The van der Waals surface area contributed by atoms with Gasteiger partial charge >= 0.3 is 6.18 Å². The Morgan fingerprint density at radius 2 is 2.08 bits per heavy atom. The Kier molecular flexibility index (Phi) is 4.11. The molecule has 1 aliphatic rings. The highest BCUT2D eigenvalue weighted by molar-refractivity contribution is 7.10. The molecule has 2 aromatic rings. The fraction of sp³-hybridized carbons (Fsp3) is 0.125. The quantitative estimate of drug-likeness (QED) is 0.694. The monoisotopic (exact) mass is 368 g/mol. The van der Waals surface area contributed by atoms with Gasteiger partial charge in [-0.1, -0.05) is 29.5 Å². The van der Waals surface area contributed by atoms with Crippen molar-refractivity contribution in [1.29, 1.82) is 0 Å². The van der Waals surface area contributed by atoms with E-state index < -0.39 is 17.6 Å². The lowest BCUT2D eigenvalue weighted by atomic mass is 9.89. The van der Waals surface area contributed by atoms with E-state index in [4.69, 9.17) is 11.6 Å². The summed E-state index contributed by atoms with van der Waals surface area (Å²) in [5.74, 6) is 3.94. The average molecular weight is 369 g/mol. The van der Waals surface area contributed by atoms with E-state index in [0.29, 0.717) is 11.1 Å². The van der Waals surface area contributed by atoms with Gasteiger partial charge in [0.15, 0.2) is 0 Å². The first-order valence-electron chi connectivity index (χ1n) is 6.61. The molecule has 0 radical (unpaired) electrons. The molecule has 8 heteroatoms. The fourth-order valence-corrected chi connectivity index (χ4v) is 2.96. The molecule has 1 N–H and O–H groups in total. The summed E-state index contributed by atoms with van der Waals surface area (Å²) in [6, 6.07) is 7.10. The number of carbonyl (C=O) groups excluding carboxylic acids is 1. The number of nitrogens with one attached hydrogen (secondary N) is 1. The Hall–Kier alpha value is -2.30. The molecular formula is C16H8ClF3N2OS. The van der Waals surface area contributed by atoms with Crippen molar-refractivity contribution in [1.82, 2.24) is 0 Å². The summed E-state index contributed by atoms with van der Waals surface area (Å²) in [5.41, 5.74) is -3.22. The first kappa shape index (κ1) is 16.6. The Morgan fingerprint density at radius 1 is 1.29 bits per heavy atom. The van der Waals surface area contributed by atoms with Gasteiger partial charge in [0.25, 0.3) is 5.91 Å². The molecule has 122 valence electrons. The molecule has 2 heterocycles. The number of alkyl halides is 3. The van der Waals surface area contributed by atoms with Crippen molar-refractivity contribution in [2.75, 3.05) is 5.32 Å². The maximum Gasteiger partial charge on any atom is 0.429 e. The number of carbonyl (C=O) groups is 1. The van der Waals surface area contributed by atoms with E-state index in [-0.39, 0.29) is 16.3 Å². The van der Waals surface area contributed by atoms with Gasteiger partial charge in [0.2, 0.25) is 5.54 Å². The number of benzene rings is 1. The molecule has 0 spiro atoms. The largest absolute Gasteiger partial charge is 0.429 e. The molecule has 1 aromatic carbocycles. The number of anilines is 1. The number of nitrogens with zero attached hydrogens (tertiary/aromatic N) is 1. The molecule has 1 unspecified atom stereocenters. The first-order chi connectivity index (χ1) is 11.3. The highest BCUT2D eigenvalue weighted by Gasteiger charge is 2.57. The van der Waals surface area contributed by atoms with E-state index in [1.165, 1.54) is 23.5 Å². The third-order valence-electron chi connectivity index (χ3n) is 3.30. The predicted octanol–water partition coefficient (Wildman–Crippen LogP) is 4.23. The van der Waals surface area contributed by atoms with Crippen molar-refractivity contribution >= 4 is 40.7 Å². The van der Waals surface area contributed by atoms with Crippen LogP contribution in [0, 0.1) is 11.8 Å². The molecule has 3 rings (SSSR count). The van der Waals surface area contributed by atoms with Crippen LogP contribution in [0.25, 0.3) is 0 Å². The maximum absolute atomic E-state index is 13.9. The molecule has 0 saturated heterocycles. The number of rotatable bonds is 0. The van der Waals surface area contributed by atoms with Crippen LogP contribution in [-0.2, 0) is 10.3 Å². The van der Waals surface area contributed by atoms with Crippen LogP contribution in [0.5, 0.6) is 0 Å². The van der Waals surface area contributed by atoms with Crippen LogP contribution < -0.4 is 5.32 Å². The van der Waals surface area contributed by atoms with Gasteiger partial charge in [-0.05, 0) is 29.6 Å². The highest BCUT2D eigenvalue weighted by atomic mass is 35.5. The molecular weight excluding hydrogens is 361 g/mol. The van der Waals surface area contributed by atoms with Crippen LogP contribution in [0.3, 0.4) is 0 Å². The molecule has 0 bridgehead atoms. The standard InChI is InChI=1S/C16H8ClF3N2OS/c17-10-3-4-13-12(8-10)15(16(18,19)20,21-9-14(23)22-13)6-5-11-2-1-7-24-11/h1-4,7-9H,(H,22,23). The van der Waals surface area contributed by atoms with Crippen LogP contribution in [0.4, 0.5) is 18.9 Å². The Bertz CT molecular complexity index is 881. The molecule has 0 fully saturated rings. The van der Waals surface area contributed by atoms with Gasteiger partial charge in [0.1, 0.15) is 0 Å². The topological polar surface area (TPSA) is 41.5 Å². The van der Waals surface area contributed by atoms with E-state index in [9.17, 15) is 18.0 Å². The molecule has 1 aromatic heterocycles. The van der Waals surface area contributed by atoms with Gasteiger partial charge in [0.05, 0.1) is 11.1 Å². The summed E-state index contributed by atoms with van der Waals surface area (Å²) in [6.07, 6.45) is -4.25. The minimum Gasteiger partial charge on any atom is -0.321 e. The Morgan fingerprint density at radius 3 is 2.75 bits per heavy atom. The lowest BCUT2D eigenvalue weighted by Crippen LogP contribution is -2.39. The van der Waals surface area contributed by atoms with Crippen molar-refractivity contribution in [3.05, 3.63) is 51.2 Å². The Balaban J connectivity index is 2.30. The van der Waals surface area contributed by atoms with E-state index in [0.717, 1.165) is 6.07 Å². The minimum absolute atomic E-state index is 0.0281. The average Bonchev–Trinajstić information content (AvgIpc) is 2.97. The lowest BCUT2D eigenvalue weighted by Gasteiger charge is -2.28. The van der Waals surface area contributed by atoms with Gasteiger partial charge in [-0.2, -0.15) is 13.2 Å². The predicted molar refractivity (Wildman–Crippen MR) is 87.5 cm³/mol. The SMILES string of the molecule is O=C1C=NC(C#Cc2cccs2)(C(F)(F)F)c2cc(Cl)ccc2N1. The maximum atomic E-state index is 13.9. The fourth-order valence-electron chi connectivity index (χ4n) is 2.21. The van der Waals surface area contributed by atoms with Crippen LogP contribution in [0.1, 0.15) is 10.4 Å². The summed E-state index contributed by atoms with van der Waals surface area (Å²) in [5, 5.41) is 4.15. The third-order valence-corrected chi connectivity index (χ3v) is 4.32. The summed E-state index contributed by atoms with van der Waals surface area (Å²) in [6.45, 7) is 0. The van der Waals surface area contributed by atoms with Crippen LogP contribution >= 0.6 is 22.9 Å². The molecule has 24 heavy (non-hydrogen) atoms. The molecule has 0 saturated carbocycles. The zero-order valence-electron chi connectivity index (χ0n) is 11.8. The second-order valence-electron chi connectivity index (χ2n) is 4.87. The molecule has 1 aliphatic heterocycles. The Labute approximate surface area is 144 Å². The van der Waals surface area contributed by atoms with Crippen molar-refractivity contribution in [3.63, 3.8) is 0 Å². The molecule has 0 aliphatic carbocycles. The lowest BCUT2D eigenvalue weighted by molar-refractivity contribution is -0.170. The van der Waals surface area contributed by atoms with Crippen LogP contribution in [0.15, 0.2) is 40.7 Å². The second kappa shape index (κ2) is 5.96. The van der Waals surface area contributed by atoms with Gasteiger partial charge < -0.3 is 5.32 Å². The van der Waals surface area contributed by atoms with E-state index in [1.54, 1.807) is 17.5 Å². The number of hydrogen-bond donors (Lipinski definition) is 1. The van der Waals surface area contributed by atoms with Crippen LogP contribution in [0.2, 0.25) is 5.02 Å². The van der Waals surface area contributed by atoms with Crippen molar-refractivity contribution in [2.24, 2.45) is 4.99 Å².